The van der Waals surface area contributed by atoms with E-state index in [1.807, 2.05) is 20.8 Å². The average Bonchev–Trinajstić information content (AvgIpc) is 2.95. The van der Waals surface area contributed by atoms with Crippen molar-refractivity contribution in [3.05, 3.63) is 46.2 Å². The number of fused-ring (bicyclic) bond motifs is 1. The third kappa shape index (κ3) is 3.74. The third-order valence-electron chi connectivity index (χ3n) is 5.87. The van der Waals surface area contributed by atoms with Gasteiger partial charge in [0.15, 0.2) is 0 Å². The van der Waals surface area contributed by atoms with E-state index in [1.54, 1.807) is 6.20 Å². The van der Waals surface area contributed by atoms with Crippen LogP contribution in [0.4, 0.5) is 5.95 Å². The maximum absolute atomic E-state index is 12.9. The van der Waals surface area contributed by atoms with Crippen molar-refractivity contribution in [2.75, 3.05) is 18.0 Å². The van der Waals surface area contributed by atoms with Crippen LogP contribution >= 0.6 is 15.9 Å². The first-order chi connectivity index (χ1) is 13.3. The summed E-state index contributed by atoms with van der Waals surface area (Å²) in [5.41, 5.74) is 2.75. The second kappa shape index (κ2) is 7.46. The summed E-state index contributed by atoms with van der Waals surface area (Å²) in [6.07, 6.45) is 4.71. The van der Waals surface area contributed by atoms with Gasteiger partial charge in [0.1, 0.15) is 4.60 Å². The molecule has 1 saturated heterocycles. The van der Waals surface area contributed by atoms with E-state index in [4.69, 9.17) is 0 Å². The van der Waals surface area contributed by atoms with Crippen LogP contribution in [-0.4, -0.2) is 37.2 Å². The largest absolute Gasteiger partial charge is 0.339 e. The van der Waals surface area contributed by atoms with Crippen molar-refractivity contribution < 1.29 is 4.21 Å². The number of rotatable bonds is 3. The van der Waals surface area contributed by atoms with Gasteiger partial charge in [0, 0.05) is 13.1 Å². The van der Waals surface area contributed by atoms with E-state index in [2.05, 4.69) is 65.0 Å². The Kier molecular flexibility index (Phi) is 5.31. The van der Waals surface area contributed by atoms with Crippen molar-refractivity contribution in [2.24, 2.45) is 5.41 Å². The maximum atomic E-state index is 12.9. The highest BCUT2D eigenvalue weighted by atomic mass is 79.9. The molecule has 4 rings (SSSR count). The predicted octanol–water partition coefficient (Wildman–Crippen LogP) is 3.57. The van der Waals surface area contributed by atoms with Crippen LogP contribution in [0.15, 0.2) is 35.1 Å². The van der Waals surface area contributed by atoms with Crippen molar-refractivity contribution in [1.29, 1.82) is 0 Å². The molecule has 1 aromatic heterocycles. The molecule has 0 saturated carbocycles. The topological polar surface area (TPSA) is 71.0 Å². The van der Waals surface area contributed by atoms with Crippen molar-refractivity contribution in [2.45, 2.75) is 50.8 Å². The van der Waals surface area contributed by atoms with Gasteiger partial charge in [0.2, 0.25) is 5.95 Å². The molecule has 2 heterocycles. The SMILES string of the molecule is CC(C)(C)S(=O)N[C@@H]1c2ccccc2CC12CCN(c1ncc(Br)nn1)CC2. The van der Waals surface area contributed by atoms with Crippen molar-refractivity contribution in [3.63, 3.8) is 0 Å². The molecule has 0 bridgehead atoms. The van der Waals surface area contributed by atoms with Crippen LogP contribution < -0.4 is 9.62 Å². The second-order valence-corrected chi connectivity index (χ2v) is 11.5. The van der Waals surface area contributed by atoms with Gasteiger partial charge in [-0.25, -0.2) is 13.9 Å². The minimum absolute atomic E-state index is 0.0733. The number of aromatic nitrogens is 3. The first kappa shape index (κ1) is 19.9. The van der Waals surface area contributed by atoms with Crippen molar-refractivity contribution in [3.8, 4) is 0 Å². The monoisotopic (exact) mass is 463 g/mol. The lowest BCUT2D eigenvalue weighted by atomic mass is 9.73. The average molecular weight is 464 g/mol. The Morgan fingerprint density at radius 2 is 1.93 bits per heavy atom. The molecule has 0 radical (unpaired) electrons. The quantitative estimate of drug-likeness (QED) is 0.752. The molecule has 1 aromatic carbocycles. The summed E-state index contributed by atoms with van der Waals surface area (Å²) in [6.45, 7) is 7.80. The van der Waals surface area contributed by atoms with Gasteiger partial charge in [-0.2, -0.15) is 0 Å². The van der Waals surface area contributed by atoms with Crippen LogP contribution in [0.5, 0.6) is 0 Å². The predicted molar refractivity (Wildman–Crippen MR) is 115 cm³/mol. The fourth-order valence-corrected chi connectivity index (χ4v) is 5.40. The highest BCUT2D eigenvalue weighted by Crippen LogP contribution is 2.52. The summed E-state index contributed by atoms with van der Waals surface area (Å²) in [5.74, 6) is 0.677. The number of benzene rings is 1. The summed E-state index contributed by atoms with van der Waals surface area (Å²) in [4.78, 5) is 6.60. The van der Waals surface area contributed by atoms with Crippen molar-refractivity contribution in [1.82, 2.24) is 19.9 Å². The molecule has 2 aromatic rings. The van der Waals surface area contributed by atoms with Crippen LogP contribution in [0.1, 0.15) is 50.8 Å². The summed E-state index contributed by atoms with van der Waals surface area (Å²) >= 11 is 3.29. The first-order valence-electron chi connectivity index (χ1n) is 9.65. The Hall–Kier alpha value is -1.38. The lowest BCUT2D eigenvalue weighted by Gasteiger charge is -2.43. The molecule has 6 nitrogen and oxygen atoms in total. The van der Waals surface area contributed by atoms with Crippen LogP contribution in [0.2, 0.25) is 0 Å². The standard InChI is InChI=1S/C20H26BrN5OS/c1-19(2,3)28(27)25-17-15-7-5-4-6-14(15)12-20(17)8-10-26(11-9-20)18-22-13-16(21)23-24-18/h4-7,13,17,25H,8-12H2,1-3H3/t17-,28?/m1/s1. The first-order valence-corrected chi connectivity index (χ1v) is 11.6. The van der Waals surface area contributed by atoms with E-state index < -0.39 is 11.0 Å². The van der Waals surface area contributed by atoms with Gasteiger partial charge in [-0.15, -0.1) is 10.2 Å². The van der Waals surface area contributed by atoms with Crippen LogP contribution in [-0.2, 0) is 17.4 Å². The summed E-state index contributed by atoms with van der Waals surface area (Å²) in [7, 11) is -1.11. The van der Waals surface area contributed by atoms with E-state index >= 15 is 0 Å². The molecule has 8 heteroatoms. The fraction of sp³-hybridized carbons (Fsp3) is 0.550. The minimum atomic E-state index is -1.11. The van der Waals surface area contributed by atoms with E-state index in [0.717, 1.165) is 32.4 Å². The molecular formula is C20H26BrN5OS. The van der Waals surface area contributed by atoms with E-state index in [1.165, 1.54) is 11.1 Å². The molecule has 2 atom stereocenters. The lowest BCUT2D eigenvalue weighted by molar-refractivity contribution is 0.177. The van der Waals surface area contributed by atoms with Gasteiger partial charge in [-0.1, -0.05) is 24.3 Å². The molecule has 150 valence electrons. The van der Waals surface area contributed by atoms with Gasteiger partial charge in [-0.3, -0.25) is 0 Å². The number of halogens is 1. The number of piperidine rings is 1. The van der Waals surface area contributed by atoms with Gasteiger partial charge in [-0.05, 0) is 72.5 Å². The zero-order chi connectivity index (χ0) is 19.9. The molecule has 1 aliphatic heterocycles. The molecule has 1 N–H and O–H groups in total. The molecule has 28 heavy (non-hydrogen) atoms. The van der Waals surface area contributed by atoms with Crippen LogP contribution in [0, 0.1) is 5.41 Å². The summed E-state index contributed by atoms with van der Waals surface area (Å²) < 4.78 is 16.8. The Labute approximate surface area is 177 Å². The number of anilines is 1. The highest BCUT2D eigenvalue weighted by Gasteiger charge is 2.48. The van der Waals surface area contributed by atoms with E-state index in [-0.39, 0.29) is 16.2 Å². The van der Waals surface area contributed by atoms with Crippen LogP contribution in [0.25, 0.3) is 0 Å². The number of hydrogen-bond donors (Lipinski definition) is 1. The minimum Gasteiger partial charge on any atom is -0.339 e. The van der Waals surface area contributed by atoms with Gasteiger partial charge < -0.3 is 4.90 Å². The molecule has 1 aliphatic carbocycles. The smallest absolute Gasteiger partial charge is 0.245 e. The molecular weight excluding hydrogens is 438 g/mol. The van der Waals surface area contributed by atoms with E-state index in [0.29, 0.717) is 10.6 Å². The van der Waals surface area contributed by atoms with Crippen LogP contribution in [0.3, 0.4) is 0 Å². The molecule has 0 amide bonds. The normalized spacial score (nSPS) is 22.3. The Bertz CT molecular complexity index is 875. The molecule has 2 aliphatic rings. The zero-order valence-electron chi connectivity index (χ0n) is 16.5. The Balaban J connectivity index is 1.57. The van der Waals surface area contributed by atoms with Gasteiger partial charge in [0.05, 0.1) is 28.0 Å². The lowest BCUT2D eigenvalue weighted by Crippen LogP contribution is -2.48. The fourth-order valence-electron chi connectivity index (χ4n) is 4.28. The highest BCUT2D eigenvalue weighted by molar-refractivity contribution is 9.10. The van der Waals surface area contributed by atoms with Gasteiger partial charge in [0.25, 0.3) is 0 Å². The molecule has 1 fully saturated rings. The summed E-state index contributed by atoms with van der Waals surface area (Å²) in [6, 6.07) is 8.70. The number of nitrogens with one attached hydrogen (secondary N) is 1. The summed E-state index contributed by atoms with van der Waals surface area (Å²) in [5, 5.41) is 8.28. The number of nitrogens with zero attached hydrogens (tertiary/aromatic N) is 4. The second-order valence-electron chi connectivity index (χ2n) is 8.74. The molecule has 1 spiro atoms. The van der Waals surface area contributed by atoms with E-state index in [9.17, 15) is 4.21 Å². The third-order valence-corrected chi connectivity index (χ3v) is 7.79. The molecule has 1 unspecified atom stereocenters. The Morgan fingerprint density at radius 3 is 2.57 bits per heavy atom. The number of hydrogen-bond acceptors (Lipinski definition) is 5. The van der Waals surface area contributed by atoms with Crippen molar-refractivity contribution >= 4 is 32.9 Å². The zero-order valence-corrected chi connectivity index (χ0v) is 18.9. The maximum Gasteiger partial charge on any atom is 0.245 e. The Morgan fingerprint density at radius 1 is 1.21 bits per heavy atom. The van der Waals surface area contributed by atoms with Gasteiger partial charge >= 0.3 is 0 Å².